The van der Waals surface area contributed by atoms with Gasteiger partial charge >= 0.3 is 0 Å². The average Bonchev–Trinajstić information content (AvgIpc) is 2.60. The number of carbonyl (C=O) groups excluding carboxylic acids is 1. The maximum absolute atomic E-state index is 12.8. The molecule has 0 bridgehead atoms. The van der Waals surface area contributed by atoms with Gasteiger partial charge < -0.3 is 5.11 Å². The number of hydrogen-bond donors (Lipinski definition) is 1. The Bertz CT molecular complexity index is 918. The van der Waals surface area contributed by atoms with Crippen LogP contribution in [-0.2, 0) is 5.60 Å². The second kappa shape index (κ2) is 5.05. The molecule has 0 heterocycles. The molecule has 0 amide bonds. The molecule has 0 saturated heterocycles. The van der Waals surface area contributed by atoms with E-state index in [0.29, 0.717) is 32.8 Å². The maximum Gasteiger partial charge on any atom is 0.193 e. The highest BCUT2D eigenvalue weighted by Crippen LogP contribution is 2.46. The fourth-order valence-corrected chi connectivity index (χ4v) is 3.65. The summed E-state index contributed by atoms with van der Waals surface area (Å²) in [6.07, 6.45) is 0. The van der Waals surface area contributed by atoms with E-state index >= 15 is 0 Å². The van der Waals surface area contributed by atoms with Crippen molar-refractivity contribution in [3.05, 3.63) is 106 Å². The van der Waals surface area contributed by atoms with Gasteiger partial charge in [-0.05, 0) is 11.6 Å². The van der Waals surface area contributed by atoms with Gasteiger partial charge in [-0.2, -0.15) is 0 Å². The molecule has 23 heavy (non-hydrogen) atoms. The highest BCUT2D eigenvalue weighted by molar-refractivity contribution is 6.32. The van der Waals surface area contributed by atoms with Crippen molar-refractivity contribution in [2.75, 3.05) is 0 Å². The van der Waals surface area contributed by atoms with Crippen LogP contribution >= 0.6 is 11.6 Å². The molecule has 0 spiro atoms. The molecule has 1 unspecified atom stereocenters. The van der Waals surface area contributed by atoms with Gasteiger partial charge in [0.1, 0.15) is 5.60 Å². The first kappa shape index (κ1) is 14.2. The van der Waals surface area contributed by atoms with Gasteiger partial charge in [0, 0.05) is 27.3 Å². The first-order valence-electron chi connectivity index (χ1n) is 7.35. The quantitative estimate of drug-likeness (QED) is 0.730. The lowest BCUT2D eigenvalue weighted by atomic mass is 9.71. The SMILES string of the molecule is O=C1c2ccccc2C(O)(c2ccccc2)c2c(Cl)cccc21. The van der Waals surface area contributed by atoms with Gasteiger partial charge in [0.15, 0.2) is 5.78 Å². The third-order valence-corrected chi connectivity index (χ3v) is 4.69. The Morgan fingerprint density at radius 1 is 0.783 bits per heavy atom. The van der Waals surface area contributed by atoms with Gasteiger partial charge in [0.05, 0.1) is 0 Å². The van der Waals surface area contributed by atoms with E-state index in [0.717, 1.165) is 0 Å². The van der Waals surface area contributed by atoms with E-state index in [1.54, 1.807) is 36.4 Å². The highest BCUT2D eigenvalue weighted by atomic mass is 35.5. The Balaban J connectivity index is 2.15. The molecule has 3 aromatic rings. The van der Waals surface area contributed by atoms with Crippen molar-refractivity contribution in [2.24, 2.45) is 0 Å². The molecule has 3 aromatic carbocycles. The van der Waals surface area contributed by atoms with Crippen LogP contribution in [0, 0.1) is 0 Å². The summed E-state index contributed by atoms with van der Waals surface area (Å²) in [6.45, 7) is 0. The molecule has 0 radical (unpaired) electrons. The van der Waals surface area contributed by atoms with Crippen LogP contribution in [0.2, 0.25) is 5.02 Å². The predicted octanol–water partition coefficient (Wildman–Crippen LogP) is 4.17. The van der Waals surface area contributed by atoms with Gasteiger partial charge in [-0.1, -0.05) is 78.3 Å². The average molecular weight is 321 g/mol. The third-order valence-electron chi connectivity index (χ3n) is 4.37. The number of aliphatic hydroxyl groups is 1. The first-order valence-corrected chi connectivity index (χ1v) is 7.73. The van der Waals surface area contributed by atoms with E-state index in [1.807, 2.05) is 36.4 Å². The minimum absolute atomic E-state index is 0.112. The maximum atomic E-state index is 12.8. The summed E-state index contributed by atoms with van der Waals surface area (Å²) in [5, 5.41) is 12.1. The summed E-state index contributed by atoms with van der Waals surface area (Å²) in [6, 6.07) is 21.6. The van der Waals surface area contributed by atoms with Crippen LogP contribution in [0.3, 0.4) is 0 Å². The van der Waals surface area contributed by atoms with Crippen molar-refractivity contribution in [2.45, 2.75) is 5.60 Å². The van der Waals surface area contributed by atoms with E-state index in [9.17, 15) is 9.90 Å². The zero-order valence-electron chi connectivity index (χ0n) is 12.2. The molecular formula is C20H13ClO2. The van der Waals surface area contributed by atoms with Gasteiger partial charge in [-0.25, -0.2) is 0 Å². The number of benzene rings is 3. The molecule has 0 aliphatic heterocycles. The van der Waals surface area contributed by atoms with Crippen LogP contribution in [0.25, 0.3) is 0 Å². The normalized spacial score (nSPS) is 19.1. The second-order valence-corrected chi connectivity index (χ2v) is 6.02. The largest absolute Gasteiger partial charge is 0.376 e. The topological polar surface area (TPSA) is 37.3 Å². The predicted molar refractivity (Wildman–Crippen MR) is 89.9 cm³/mol. The van der Waals surface area contributed by atoms with Crippen molar-refractivity contribution < 1.29 is 9.90 Å². The van der Waals surface area contributed by atoms with Crippen molar-refractivity contribution >= 4 is 17.4 Å². The van der Waals surface area contributed by atoms with Crippen LogP contribution < -0.4 is 0 Å². The lowest BCUT2D eigenvalue weighted by Crippen LogP contribution is -2.37. The van der Waals surface area contributed by atoms with Gasteiger partial charge in [0.25, 0.3) is 0 Å². The Labute approximate surface area is 139 Å². The van der Waals surface area contributed by atoms with Crippen LogP contribution in [-0.4, -0.2) is 10.9 Å². The Kier molecular flexibility index (Phi) is 3.12. The van der Waals surface area contributed by atoms with E-state index in [2.05, 4.69) is 0 Å². The second-order valence-electron chi connectivity index (χ2n) is 5.61. The van der Waals surface area contributed by atoms with Crippen molar-refractivity contribution in [3.8, 4) is 0 Å². The summed E-state index contributed by atoms with van der Waals surface area (Å²) in [5.41, 5.74) is 1.22. The minimum Gasteiger partial charge on any atom is -0.376 e. The fraction of sp³-hybridized carbons (Fsp3) is 0.0500. The van der Waals surface area contributed by atoms with Crippen LogP contribution in [0.1, 0.15) is 32.6 Å². The van der Waals surface area contributed by atoms with Crippen molar-refractivity contribution in [1.82, 2.24) is 0 Å². The summed E-state index contributed by atoms with van der Waals surface area (Å²) >= 11 is 6.40. The first-order chi connectivity index (χ1) is 11.1. The Morgan fingerprint density at radius 2 is 1.43 bits per heavy atom. The molecule has 0 saturated carbocycles. The lowest BCUT2D eigenvalue weighted by molar-refractivity contribution is 0.0950. The smallest absolute Gasteiger partial charge is 0.193 e. The zero-order chi connectivity index (χ0) is 16.0. The number of hydrogen-bond acceptors (Lipinski definition) is 2. The van der Waals surface area contributed by atoms with Crippen LogP contribution in [0.4, 0.5) is 0 Å². The monoisotopic (exact) mass is 320 g/mol. The van der Waals surface area contributed by atoms with Crippen molar-refractivity contribution in [1.29, 1.82) is 0 Å². The van der Waals surface area contributed by atoms with Gasteiger partial charge in [-0.3, -0.25) is 4.79 Å². The zero-order valence-corrected chi connectivity index (χ0v) is 12.9. The fourth-order valence-electron chi connectivity index (χ4n) is 3.34. The van der Waals surface area contributed by atoms with Crippen LogP contribution in [0.15, 0.2) is 72.8 Å². The summed E-state index contributed by atoms with van der Waals surface area (Å²) in [7, 11) is 0. The molecule has 1 atom stereocenters. The van der Waals surface area contributed by atoms with E-state index < -0.39 is 5.60 Å². The van der Waals surface area contributed by atoms with Gasteiger partial charge in [0.2, 0.25) is 0 Å². The Morgan fingerprint density at radius 3 is 2.22 bits per heavy atom. The molecule has 1 N–H and O–H groups in total. The van der Waals surface area contributed by atoms with E-state index in [-0.39, 0.29) is 5.78 Å². The third kappa shape index (κ3) is 1.89. The summed E-state index contributed by atoms with van der Waals surface area (Å²) < 4.78 is 0. The number of rotatable bonds is 1. The molecule has 112 valence electrons. The molecular weight excluding hydrogens is 308 g/mol. The lowest BCUT2D eigenvalue weighted by Gasteiger charge is -2.37. The molecule has 3 heteroatoms. The van der Waals surface area contributed by atoms with E-state index in [4.69, 9.17) is 11.6 Å². The molecule has 1 aliphatic rings. The standard InChI is InChI=1S/C20H13ClO2/c21-17-12-6-10-15-18(17)20(23,13-7-2-1-3-8-13)16-11-5-4-9-14(16)19(15)22/h1-12,23H. The minimum atomic E-state index is -1.44. The molecule has 0 fully saturated rings. The summed E-state index contributed by atoms with van der Waals surface area (Å²) in [4.78, 5) is 12.8. The number of carbonyl (C=O) groups is 1. The van der Waals surface area contributed by atoms with Crippen LogP contribution in [0.5, 0.6) is 0 Å². The van der Waals surface area contributed by atoms with Gasteiger partial charge in [-0.15, -0.1) is 0 Å². The Hall–Kier alpha value is -2.42. The number of halogens is 1. The highest BCUT2D eigenvalue weighted by Gasteiger charge is 2.44. The van der Waals surface area contributed by atoms with E-state index in [1.165, 1.54) is 0 Å². The molecule has 1 aliphatic carbocycles. The molecule has 0 aromatic heterocycles. The molecule has 2 nitrogen and oxygen atoms in total. The number of fused-ring (bicyclic) bond motifs is 2. The summed E-state index contributed by atoms with van der Waals surface area (Å²) in [5.74, 6) is -0.112. The molecule has 4 rings (SSSR count). The number of ketones is 1. The van der Waals surface area contributed by atoms with Crippen molar-refractivity contribution in [3.63, 3.8) is 0 Å².